The summed E-state index contributed by atoms with van der Waals surface area (Å²) in [5.74, 6) is -1.50. The van der Waals surface area contributed by atoms with E-state index >= 15 is 0 Å². The molecule has 2 aliphatic heterocycles. The largest absolute Gasteiger partial charge is 0.494 e. The van der Waals surface area contributed by atoms with Crippen molar-refractivity contribution < 1.29 is 61.9 Å². The summed E-state index contributed by atoms with van der Waals surface area (Å²) in [7, 11) is 0. The highest BCUT2D eigenvalue weighted by atomic mass is 16.7. The molecule has 1 unspecified atom stereocenters. The molecular weight excluding hydrogens is 773 g/mol. The number of hydrogen-bond donors (Lipinski definition) is 0. The molecule has 60 heavy (non-hydrogen) atoms. The molecule has 0 aromatic heterocycles. The van der Waals surface area contributed by atoms with Crippen LogP contribution in [0.15, 0.2) is 97.1 Å². The van der Waals surface area contributed by atoms with Crippen molar-refractivity contribution in [3.8, 4) is 17.2 Å². The minimum Gasteiger partial charge on any atom is -0.494 e. The second-order valence-electron chi connectivity index (χ2n) is 14.7. The smallest absolute Gasteiger partial charge is 0.343 e. The van der Waals surface area contributed by atoms with Crippen LogP contribution >= 0.6 is 0 Å². The van der Waals surface area contributed by atoms with E-state index in [0.717, 1.165) is 31.2 Å². The standard InChI is InChI=1S/C47H50O13/c1-4-6-9-31-10-12-32(13-11-31)44(49)57-37-22-16-34(17-23-37)46(51)59-39-28-55-42-40(29-56-41(39)42)60-47(52)35-18-24-38(25-19-35)58-45(50)33-14-20-36(21-15-33)53-26-7-8-27-54-43(48)30(3)5-2/h10-25,30,39-42H,4-9,26-29H2,1-3H3/t30?,39-,40+,41-,42-/m1/s1. The van der Waals surface area contributed by atoms with Gasteiger partial charge in [-0.05, 0) is 123 Å². The van der Waals surface area contributed by atoms with Crippen molar-refractivity contribution >= 4 is 29.8 Å². The molecule has 0 bridgehead atoms. The van der Waals surface area contributed by atoms with E-state index in [1.165, 1.54) is 48.5 Å². The molecule has 0 aliphatic carbocycles. The van der Waals surface area contributed by atoms with Crippen LogP contribution in [-0.4, -0.2) is 80.7 Å². The van der Waals surface area contributed by atoms with E-state index in [4.69, 9.17) is 37.9 Å². The Morgan fingerprint density at radius 3 is 1.47 bits per heavy atom. The van der Waals surface area contributed by atoms with E-state index in [0.29, 0.717) is 42.9 Å². The van der Waals surface area contributed by atoms with Crippen LogP contribution in [0.4, 0.5) is 0 Å². The van der Waals surface area contributed by atoms with Gasteiger partial charge < -0.3 is 37.9 Å². The summed E-state index contributed by atoms with van der Waals surface area (Å²) in [5, 5.41) is 0. The van der Waals surface area contributed by atoms with Crippen LogP contribution in [0.2, 0.25) is 0 Å². The molecule has 316 valence electrons. The van der Waals surface area contributed by atoms with Gasteiger partial charge in [-0.25, -0.2) is 19.2 Å². The molecule has 0 spiro atoms. The van der Waals surface area contributed by atoms with E-state index in [9.17, 15) is 24.0 Å². The summed E-state index contributed by atoms with van der Waals surface area (Å²) in [5.41, 5.74) is 2.38. The second-order valence-corrected chi connectivity index (χ2v) is 14.7. The summed E-state index contributed by atoms with van der Waals surface area (Å²) >= 11 is 0. The monoisotopic (exact) mass is 822 g/mol. The van der Waals surface area contributed by atoms with Crippen molar-refractivity contribution in [2.24, 2.45) is 5.92 Å². The first-order chi connectivity index (χ1) is 29.1. The Morgan fingerprint density at radius 2 is 1.00 bits per heavy atom. The molecule has 5 atom stereocenters. The van der Waals surface area contributed by atoms with Crippen molar-refractivity contribution in [1.82, 2.24) is 0 Å². The molecule has 13 heteroatoms. The Labute approximate surface area is 349 Å². The van der Waals surface area contributed by atoms with Crippen molar-refractivity contribution in [1.29, 1.82) is 0 Å². The third kappa shape index (κ3) is 11.8. The summed E-state index contributed by atoms with van der Waals surface area (Å²) < 4.78 is 45.1. The van der Waals surface area contributed by atoms with Gasteiger partial charge in [0.1, 0.15) is 29.5 Å². The average Bonchev–Trinajstić information content (AvgIpc) is 3.87. The molecule has 2 heterocycles. The summed E-state index contributed by atoms with van der Waals surface area (Å²) in [6, 6.07) is 25.9. The van der Waals surface area contributed by atoms with E-state index in [2.05, 4.69) is 6.92 Å². The van der Waals surface area contributed by atoms with Gasteiger partial charge in [-0.3, -0.25) is 4.79 Å². The topological polar surface area (TPSA) is 159 Å². The highest BCUT2D eigenvalue weighted by Crippen LogP contribution is 2.32. The molecule has 0 radical (unpaired) electrons. The first kappa shape index (κ1) is 43.5. The predicted octanol–water partition coefficient (Wildman–Crippen LogP) is 7.76. The molecule has 0 amide bonds. The van der Waals surface area contributed by atoms with Crippen molar-refractivity contribution in [2.45, 2.75) is 83.7 Å². The predicted molar refractivity (Wildman–Crippen MR) is 217 cm³/mol. The van der Waals surface area contributed by atoms with Crippen LogP contribution in [-0.2, 0) is 34.9 Å². The Hall–Kier alpha value is -6.05. The summed E-state index contributed by atoms with van der Waals surface area (Å²) in [6.45, 7) is 6.81. The summed E-state index contributed by atoms with van der Waals surface area (Å²) in [4.78, 5) is 63.2. The fourth-order valence-electron chi connectivity index (χ4n) is 6.44. The molecule has 13 nitrogen and oxygen atoms in total. The lowest BCUT2D eigenvalue weighted by Gasteiger charge is -2.17. The van der Waals surface area contributed by atoms with Gasteiger partial charge >= 0.3 is 29.8 Å². The number of carbonyl (C=O) groups excluding carboxylic acids is 5. The summed E-state index contributed by atoms with van der Waals surface area (Å²) in [6.07, 6.45) is 2.52. The maximum absolute atomic E-state index is 13.0. The number of hydrogen-bond acceptors (Lipinski definition) is 13. The van der Waals surface area contributed by atoms with Crippen LogP contribution in [0.1, 0.15) is 99.9 Å². The van der Waals surface area contributed by atoms with Crippen LogP contribution in [0.5, 0.6) is 17.2 Å². The lowest BCUT2D eigenvalue weighted by atomic mass is 10.1. The van der Waals surface area contributed by atoms with Gasteiger partial charge in [-0.2, -0.15) is 0 Å². The van der Waals surface area contributed by atoms with Gasteiger partial charge in [-0.1, -0.05) is 39.3 Å². The van der Waals surface area contributed by atoms with E-state index < -0.39 is 48.3 Å². The lowest BCUT2D eigenvalue weighted by Crippen LogP contribution is -2.36. The van der Waals surface area contributed by atoms with Gasteiger partial charge in [0, 0.05) is 0 Å². The molecule has 0 N–H and O–H groups in total. The zero-order valence-corrected chi connectivity index (χ0v) is 34.0. The Morgan fingerprint density at radius 1 is 0.567 bits per heavy atom. The number of benzene rings is 4. The van der Waals surface area contributed by atoms with Crippen LogP contribution in [0, 0.1) is 5.92 Å². The molecular formula is C47H50O13. The van der Waals surface area contributed by atoms with Gasteiger partial charge in [0.05, 0.1) is 54.6 Å². The van der Waals surface area contributed by atoms with Crippen molar-refractivity contribution in [3.05, 3.63) is 125 Å². The number of esters is 5. The fraction of sp³-hybridized carbons (Fsp3) is 0.383. The SMILES string of the molecule is CCCCc1ccc(C(=O)Oc2ccc(C(=O)O[C@@H]3CO[C@H]4[C@@H]3OC[C@@H]4OC(=O)c3ccc(OC(=O)c4ccc(OCCCCOC(=O)C(C)CC)cc4)cc3)cc2)cc1. The molecule has 2 fully saturated rings. The number of ether oxygens (including phenoxy) is 8. The minimum atomic E-state index is -0.740. The number of rotatable bonds is 19. The number of carbonyl (C=O) groups is 5. The number of unbranched alkanes of at least 4 members (excludes halogenated alkanes) is 2. The quantitative estimate of drug-likeness (QED) is 0.0391. The molecule has 2 saturated heterocycles. The van der Waals surface area contributed by atoms with Gasteiger partial charge in [0.15, 0.2) is 12.2 Å². The first-order valence-corrected chi connectivity index (χ1v) is 20.4. The molecule has 6 rings (SSSR count). The average molecular weight is 823 g/mol. The number of fused-ring (bicyclic) bond motifs is 1. The van der Waals surface area contributed by atoms with E-state index in [1.54, 1.807) is 36.4 Å². The van der Waals surface area contributed by atoms with Crippen LogP contribution < -0.4 is 14.2 Å². The Kier molecular flexibility index (Phi) is 15.4. The molecule has 4 aromatic rings. The first-order valence-electron chi connectivity index (χ1n) is 20.4. The molecule has 4 aromatic carbocycles. The van der Waals surface area contributed by atoms with E-state index in [-0.39, 0.29) is 47.7 Å². The third-order valence-electron chi connectivity index (χ3n) is 10.2. The minimum absolute atomic E-state index is 0.0474. The van der Waals surface area contributed by atoms with Crippen molar-refractivity contribution in [3.63, 3.8) is 0 Å². The lowest BCUT2D eigenvalue weighted by molar-refractivity contribution is -0.148. The molecule has 2 aliphatic rings. The normalized spacial score (nSPS) is 18.4. The number of aryl methyl sites for hydroxylation is 1. The van der Waals surface area contributed by atoms with Crippen LogP contribution in [0.25, 0.3) is 0 Å². The van der Waals surface area contributed by atoms with Crippen LogP contribution in [0.3, 0.4) is 0 Å². The maximum atomic E-state index is 13.0. The highest BCUT2D eigenvalue weighted by Gasteiger charge is 2.51. The van der Waals surface area contributed by atoms with Gasteiger partial charge in [0.2, 0.25) is 0 Å². The zero-order valence-electron chi connectivity index (χ0n) is 34.0. The third-order valence-corrected chi connectivity index (χ3v) is 10.2. The van der Waals surface area contributed by atoms with E-state index in [1.807, 2.05) is 26.0 Å². The highest BCUT2D eigenvalue weighted by molar-refractivity contribution is 5.93. The van der Waals surface area contributed by atoms with Gasteiger partial charge in [-0.15, -0.1) is 0 Å². The van der Waals surface area contributed by atoms with Crippen molar-refractivity contribution in [2.75, 3.05) is 26.4 Å². The Balaban J connectivity index is 0.903. The fourth-order valence-corrected chi connectivity index (χ4v) is 6.44. The zero-order chi connectivity index (χ0) is 42.4. The molecule has 0 saturated carbocycles. The second kappa shape index (κ2) is 21.3. The van der Waals surface area contributed by atoms with Gasteiger partial charge in [0.25, 0.3) is 0 Å². The maximum Gasteiger partial charge on any atom is 0.343 e. The Bertz CT molecular complexity index is 2060.